The molecule has 1 amide bonds. The van der Waals surface area contributed by atoms with Crippen molar-refractivity contribution in [2.45, 2.75) is 19.3 Å². The fourth-order valence-electron chi connectivity index (χ4n) is 3.32. The molecule has 1 heterocycles. The monoisotopic (exact) mass is 489 g/mol. The van der Waals surface area contributed by atoms with Gasteiger partial charge in [-0.2, -0.15) is 0 Å². The molecule has 0 spiro atoms. The number of halogens is 3. The third kappa shape index (κ3) is 5.72. The molecule has 3 rings (SSSR count). The molecule has 1 aliphatic rings. The van der Waals surface area contributed by atoms with Gasteiger partial charge in [-0.25, -0.2) is 8.42 Å². The number of anilines is 3. The van der Waals surface area contributed by atoms with E-state index in [4.69, 9.17) is 34.8 Å². The van der Waals surface area contributed by atoms with Crippen LogP contribution in [0.1, 0.15) is 19.3 Å². The Labute approximate surface area is 191 Å². The highest BCUT2D eigenvalue weighted by Gasteiger charge is 2.24. The fraction of sp³-hybridized carbons (Fsp3) is 0.350. The van der Waals surface area contributed by atoms with Crippen molar-refractivity contribution in [3.63, 3.8) is 0 Å². The molecule has 1 saturated heterocycles. The molecule has 30 heavy (non-hydrogen) atoms. The predicted octanol–water partition coefficient (Wildman–Crippen LogP) is 5.04. The number of rotatable bonds is 6. The summed E-state index contributed by atoms with van der Waals surface area (Å²) >= 11 is 18.1. The van der Waals surface area contributed by atoms with Gasteiger partial charge in [0.05, 0.1) is 27.0 Å². The van der Waals surface area contributed by atoms with Crippen LogP contribution in [-0.4, -0.2) is 40.2 Å². The second-order valence-corrected chi connectivity index (χ2v) is 10.3. The van der Waals surface area contributed by atoms with Gasteiger partial charge in [-0.3, -0.25) is 9.10 Å². The first kappa shape index (κ1) is 23.0. The van der Waals surface area contributed by atoms with E-state index in [0.717, 1.165) is 29.3 Å². The molecule has 162 valence electrons. The van der Waals surface area contributed by atoms with E-state index >= 15 is 0 Å². The topological polar surface area (TPSA) is 69.7 Å². The van der Waals surface area contributed by atoms with E-state index < -0.39 is 22.5 Å². The van der Waals surface area contributed by atoms with Crippen molar-refractivity contribution >= 4 is 67.8 Å². The minimum Gasteiger partial charge on any atom is -0.372 e. The molecule has 0 bridgehead atoms. The van der Waals surface area contributed by atoms with Crippen molar-refractivity contribution < 1.29 is 13.2 Å². The average molecular weight is 491 g/mol. The zero-order chi connectivity index (χ0) is 21.9. The van der Waals surface area contributed by atoms with Crippen molar-refractivity contribution in [1.29, 1.82) is 0 Å². The number of sulfonamides is 1. The minimum atomic E-state index is -3.80. The minimum absolute atomic E-state index is 0.0773. The number of nitrogens with zero attached hydrogens (tertiary/aromatic N) is 2. The molecule has 0 radical (unpaired) electrons. The van der Waals surface area contributed by atoms with Crippen molar-refractivity contribution in [2.24, 2.45) is 0 Å². The van der Waals surface area contributed by atoms with Gasteiger partial charge in [0.15, 0.2) is 0 Å². The Morgan fingerprint density at radius 2 is 1.60 bits per heavy atom. The van der Waals surface area contributed by atoms with Crippen LogP contribution in [0.3, 0.4) is 0 Å². The number of hydrogen-bond acceptors (Lipinski definition) is 4. The number of carbonyl (C=O) groups is 1. The van der Waals surface area contributed by atoms with Gasteiger partial charge < -0.3 is 10.2 Å². The first-order valence-corrected chi connectivity index (χ1v) is 12.4. The van der Waals surface area contributed by atoms with Crippen LogP contribution in [0.25, 0.3) is 0 Å². The Kier molecular flexibility index (Phi) is 7.39. The summed E-state index contributed by atoms with van der Waals surface area (Å²) in [6, 6.07) is 10.2. The lowest BCUT2D eigenvalue weighted by Crippen LogP contribution is -2.37. The summed E-state index contributed by atoms with van der Waals surface area (Å²) in [6.45, 7) is 1.60. The van der Waals surface area contributed by atoms with Crippen molar-refractivity contribution in [3.05, 3.63) is 51.5 Å². The Morgan fingerprint density at radius 1 is 1.00 bits per heavy atom. The number of amides is 1. The number of nitrogens with one attached hydrogen (secondary N) is 1. The van der Waals surface area contributed by atoms with E-state index in [1.807, 2.05) is 12.1 Å². The zero-order valence-electron chi connectivity index (χ0n) is 16.4. The van der Waals surface area contributed by atoms with Crippen LogP contribution in [0, 0.1) is 0 Å². The van der Waals surface area contributed by atoms with E-state index in [1.54, 1.807) is 12.1 Å². The molecule has 1 N–H and O–H groups in total. The molecule has 0 atom stereocenters. The molecular formula is C20H22Cl3N3O3S. The van der Waals surface area contributed by atoms with E-state index in [2.05, 4.69) is 10.2 Å². The number of hydrogen-bond donors (Lipinski definition) is 1. The summed E-state index contributed by atoms with van der Waals surface area (Å²) in [7, 11) is -3.80. The van der Waals surface area contributed by atoms with E-state index in [9.17, 15) is 13.2 Å². The van der Waals surface area contributed by atoms with Gasteiger partial charge in [0, 0.05) is 24.5 Å². The largest absolute Gasteiger partial charge is 0.372 e. The summed E-state index contributed by atoms with van der Waals surface area (Å²) in [5, 5.41) is 3.13. The molecule has 6 nitrogen and oxygen atoms in total. The molecule has 0 unspecified atom stereocenters. The Morgan fingerprint density at radius 3 is 2.20 bits per heavy atom. The maximum atomic E-state index is 12.6. The first-order valence-electron chi connectivity index (χ1n) is 9.42. The third-order valence-electron chi connectivity index (χ3n) is 4.82. The maximum Gasteiger partial charge on any atom is 0.245 e. The lowest BCUT2D eigenvalue weighted by Gasteiger charge is -2.29. The zero-order valence-corrected chi connectivity index (χ0v) is 19.5. The van der Waals surface area contributed by atoms with Crippen LogP contribution in [0.2, 0.25) is 15.1 Å². The summed E-state index contributed by atoms with van der Waals surface area (Å²) < 4.78 is 25.5. The Balaban J connectivity index is 1.73. The Bertz CT molecular complexity index is 1020. The Hall–Kier alpha value is -1.67. The van der Waals surface area contributed by atoms with Crippen LogP contribution in [0.15, 0.2) is 36.4 Å². The molecule has 0 aliphatic carbocycles. The standard InChI is InChI=1S/C20H22Cl3N3O3S/c1-30(28,29)26(19-12-17(22)16(21)11-18(19)23)13-20(27)24-14-5-7-15(8-6-14)25-9-3-2-4-10-25/h5-8,11-12H,2-4,9-10,13H2,1H3,(H,24,27). The van der Waals surface area contributed by atoms with Gasteiger partial charge in [-0.15, -0.1) is 0 Å². The molecule has 0 aromatic heterocycles. The van der Waals surface area contributed by atoms with Crippen molar-refractivity contribution in [2.75, 3.05) is 40.4 Å². The van der Waals surface area contributed by atoms with Gasteiger partial charge in [0.2, 0.25) is 15.9 Å². The van der Waals surface area contributed by atoms with Gasteiger partial charge in [-0.05, 0) is 55.7 Å². The highest BCUT2D eigenvalue weighted by Crippen LogP contribution is 2.35. The number of benzene rings is 2. The quantitative estimate of drug-likeness (QED) is 0.576. The molecule has 1 aliphatic heterocycles. The molecule has 0 saturated carbocycles. The molecule has 1 fully saturated rings. The fourth-order valence-corrected chi connectivity index (χ4v) is 4.88. The van der Waals surface area contributed by atoms with Crippen LogP contribution in [0.5, 0.6) is 0 Å². The third-order valence-corrected chi connectivity index (χ3v) is 6.97. The SMILES string of the molecule is CS(=O)(=O)N(CC(=O)Nc1ccc(N2CCCCC2)cc1)c1cc(Cl)c(Cl)cc1Cl. The summed E-state index contributed by atoms with van der Waals surface area (Å²) in [4.78, 5) is 14.9. The van der Waals surface area contributed by atoms with Crippen molar-refractivity contribution in [1.82, 2.24) is 0 Å². The highest BCUT2D eigenvalue weighted by molar-refractivity contribution is 7.92. The molecule has 10 heteroatoms. The van der Waals surface area contributed by atoms with Gasteiger partial charge in [0.1, 0.15) is 6.54 Å². The van der Waals surface area contributed by atoms with Crippen molar-refractivity contribution in [3.8, 4) is 0 Å². The normalized spacial score (nSPS) is 14.5. The second-order valence-electron chi connectivity index (χ2n) is 7.13. The first-order chi connectivity index (χ1) is 14.1. The predicted molar refractivity (Wildman–Crippen MR) is 125 cm³/mol. The highest BCUT2D eigenvalue weighted by atomic mass is 35.5. The average Bonchev–Trinajstić information content (AvgIpc) is 2.70. The lowest BCUT2D eigenvalue weighted by atomic mass is 10.1. The van der Waals surface area contributed by atoms with E-state index in [-0.39, 0.29) is 20.8 Å². The summed E-state index contributed by atoms with van der Waals surface area (Å²) in [5.74, 6) is -0.506. The summed E-state index contributed by atoms with van der Waals surface area (Å²) in [6.07, 6.45) is 4.60. The van der Waals surface area contributed by atoms with Gasteiger partial charge in [0.25, 0.3) is 0 Å². The van der Waals surface area contributed by atoms with Crippen LogP contribution >= 0.6 is 34.8 Å². The smallest absolute Gasteiger partial charge is 0.245 e. The van der Waals surface area contributed by atoms with E-state index in [1.165, 1.54) is 31.4 Å². The van der Waals surface area contributed by atoms with Crippen LogP contribution in [0.4, 0.5) is 17.1 Å². The van der Waals surface area contributed by atoms with Crippen LogP contribution in [-0.2, 0) is 14.8 Å². The van der Waals surface area contributed by atoms with Crippen LogP contribution < -0.4 is 14.5 Å². The van der Waals surface area contributed by atoms with Gasteiger partial charge in [-0.1, -0.05) is 34.8 Å². The molecule has 2 aromatic rings. The van der Waals surface area contributed by atoms with E-state index in [0.29, 0.717) is 5.69 Å². The number of piperidine rings is 1. The lowest BCUT2D eigenvalue weighted by molar-refractivity contribution is -0.114. The molecule has 2 aromatic carbocycles. The molecular weight excluding hydrogens is 469 g/mol. The number of carbonyl (C=O) groups excluding carboxylic acids is 1. The summed E-state index contributed by atoms with van der Waals surface area (Å²) in [5.41, 5.74) is 1.77. The van der Waals surface area contributed by atoms with Gasteiger partial charge >= 0.3 is 0 Å². The second kappa shape index (κ2) is 9.64. The maximum absolute atomic E-state index is 12.6.